The molecule has 2 unspecified atom stereocenters. The zero-order valence-electron chi connectivity index (χ0n) is 17.1. The maximum Gasteiger partial charge on any atom is 0.407 e. The molecule has 146 valence electrons. The van der Waals surface area contributed by atoms with Gasteiger partial charge in [0.25, 0.3) is 0 Å². The Morgan fingerprint density at radius 3 is 2.31 bits per heavy atom. The lowest BCUT2D eigenvalue weighted by Gasteiger charge is -2.33. The maximum absolute atomic E-state index is 12.2. The predicted octanol–water partition coefficient (Wildman–Crippen LogP) is 3.41. The number of amides is 1. The lowest BCUT2D eigenvalue weighted by Crippen LogP contribution is -2.50. The summed E-state index contributed by atoms with van der Waals surface area (Å²) in [5.74, 6) is 1.52. The summed E-state index contributed by atoms with van der Waals surface area (Å²) >= 11 is 0. The van der Waals surface area contributed by atoms with Crippen LogP contribution in [0.25, 0.3) is 0 Å². The molecule has 1 fully saturated rings. The number of aryl methyl sites for hydroxylation is 1. The lowest BCUT2D eigenvalue weighted by atomic mass is 9.90. The van der Waals surface area contributed by atoms with Gasteiger partial charge in [-0.2, -0.15) is 4.98 Å². The Bertz CT molecular complexity index is 640. The van der Waals surface area contributed by atoms with Crippen molar-refractivity contribution in [2.24, 2.45) is 0 Å². The Kier molecular flexibility index (Phi) is 6.31. The van der Waals surface area contributed by atoms with E-state index in [1.165, 1.54) is 0 Å². The van der Waals surface area contributed by atoms with Gasteiger partial charge in [-0.25, -0.2) is 9.78 Å². The van der Waals surface area contributed by atoms with E-state index in [-0.39, 0.29) is 18.2 Å². The van der Waals surface area contributed by atoms with Crippen molar-refractivity contribution in [1.29, 1.82) is 0 Å². The Labute approximate surface area is 156 Å². The van der Waals surface area contributed by atoms with E-state index in [1.807, 2.05) is 53.6 Å². The summed E-state index contributed by atoms with van der Waals surface area (Å²) in [5, 5.41) is 6.46. The highest BCUT2D eigenvalue weighted by molar-refractivity contribution is 5.68. The van der Waals surface area contributed by atoms with E-state index < -0.39 is 5.60 Å². The maximum atomic E-state index is 12.2. The highest BCUT2D eigenvalue weighted by Crippen LogP contribution is 2.24. The highest BCUT2D eigenvalue weighted by atomic mass is 16.6. The van der Waals surface area contributed by atoms with Crippen LogP contribution in [-0.2, 0) is 4.74 Å². The average Bonchev–Trinajstić information content (AvgIpc) is 2.50. The number of anilines is 2. The van der Waals surface area contributed by atoms with Crippen LogP contribution < -0.4 is 15.5 Å². The number of hydrogen-bond donors (Lipinski definition) is 2. The van der Waals surface area contributed by atoms with Gasteiger partial charge < -0.3 is 20.3 Å². The van der Waals surface area contributed by atoms with Gasteiger partial charge >= 0.3 is 6.09 Å². The first-order chi connectivity index (χ1) is 12.1. The van der Waals surface area contributed by atoms with Crippen LogP contribution in [0, 0.1) is 13.8 Å². The van der Waals surface area contributed by atoms with Gasteiger partial charge in [0.1, 0.15) is 11.4 Å². The van der Waals surface area contributed by atoms with Crippen molar-refractivity contribution in [3.63, 3.8) is 0 Å². The van der Waals surface area contributed by atoms with Crippen molar-refractivity contribution < 1.29 is 9.53 Å². The molecule has 7 heteroatoms. The molecule has 26 heavy (non-hydrogen) atoms. The number of carbonyl (C=O) groups is 1. The predicted molar refractivity (Wildman–Crippen MR) is 105 cm³/mol. The normalized spacial score (nSPS) is 20.4. The Hall–Kier alpha value is -2.05. The molecule has 1 aliphatic rings. The minimum absolute atomic E-state index is 0.00613. The van der Waals surface area contributed by atoms with Gasteiger partial charge in [-0.15, -0.1) is 0 Å². The molecule has 2 atom stereocenters. The molecule has 0 aliphatic heterocycles. The van der Waals surface area contributed by atoms with Crippen LogP contribution in [0.3, 0.4) is 0 Å². The van der Waals surface area contributed by atoms with Crippen molar-refractivity contribution >= 4 is 17.9 Å². The van der Waals surface area contributed by atoms with Crippen molar-refractivity contribution in [1.82, 2.24) is 15.3 Å². The summed E-state index contributed by atoms with van der Waals surface area (Å²) in [6.07, 6.45) is 3.73. The van der Waals surface area contributed by atoms with Crippen LogP contribution in [-0.4, -0.2) is 47.8 Å². The van der Waals surface area contributed by atoms with Crippen LogP contribution in [0.1, 0.15) is 57.7 Å². The van der Waals surface area contributed by atoms with Crippen molar-refractivity contribution in [3.8, 4) is 0 Å². The third-order valence-electron chi connectivity index (χ3n) is 4.57. The molecule has 1 aromatic heterocycles. The smallest absolute Gasteiger partial charge is 0.407 e. The van der Waals surface area contributed by atoms with Crippen LogP contribution in [0.2, 0.25) is 0 Å². The Morgan fingerprint density at radius 1 is 1.12 bits per heavy atom. The fourth-order valence-electron chi connectivity index (χ4n) is 3.21. The largest absolute Gasteiger partial charge is 0.444 e. The van der Waals surface area contributed by atoms with Gasteiger partial charge in [-0.05, 0) is 47.5 Å². The summed E-state index contributed by atoms with van der Waals surface area (Å²) in [6, 6.07) is 0.0972. The molecule has 7 nitrogen and oxygen atoms in total. The molecule has 1 aromatic rings. The number of rotatable bonds is 4. The molecular weight excluding hydrogens is 330 g/mol. The van der Waals surface area contributed by atoms with E-state index >= 15 is 0 Å². The average molecular weight is 364 g/mol. The first kappa shape index (κ1) is 20.3. The molecule has 1 saturated carbocycles. The number of ether oxygens (including phenoxy) is 1. The second-order valence-corrected chi connectivity index (χ2v) is 8.26. The summed E-state index contributed by atoms with van der Waals surface area (Å²) < 4.78 is 5.41. The highest BCUT2D eigenvalue weighted by Gasteiger charge is 2.29. The summed E-state index contributed by atoms with van der Waals surface area (Å²) in [4.78, 5) is 23.4. The summed E-state index contributed by atoms with van der Waals surface area (Å²) in [7, 11) is 3.96. The van der Waals surface area contributed by atoms with Crippen molar-refractivity contribution in [2.75, 3.05) is 24.3 Å². The number of hydrogen-bond acceptors (Lipinski definition) is 6. The Morgan fingerprint density at radius 2 is 1.73 bits per heavy atom. The minimum atomic E-state index is -0.501. The monoisotopic (exact) mass is 363 g/mol. The van der Waals surface area contributed by atoms with Gasteiger partial charge in [0.05, 0.1) is 6.04 Å². The standard InChI is InChI=1S/C19H33N5O2/c1-12-13(2)20-17(23-16(12)24(6)7)21-14-10-8-9-11-15(14)22-18(25)26-19(3,4)5/h14-15H,8-11H2,1-7H3,(H,22,25)(H,20,21,23). The lowest BCUT2D eigenvalue weighted by molar-refractivity contribution is 0.0488. The second kappa shape index (κ2) is 8.10. The molecule has 0 aromatic carbocycles. The van der Waals surface area contributed by atoms with E-state index in [1.54, 1.807) is 0 Å². The molecule has 1 heterocycles. The van der Waals surface area contributed by atoms with Crippen LogP contribution in [0.5, 0.6) is 0 Å². The van der Waals surface area contributed by atoms with E-state index in [9.17, 15) is 4.79 Å². The first-order valence-corrected chi connectivity index (χ1v) is 9.35. The van der Waals surface area contributed by atoms with E-state index in [0.29, 0.717) is 5.95 Å². The second-order valence-electron chi connectivity index (χ2n) is 8.26. The number of aromatic nitrogens is 2. The molecule has 0 saturated heterocycles. The van der Waals surface area contributed by atoms with E-state index in [0.717, 1.165) is 42.8 Å². The number of nitrogens with one attached hydrogen (secondary N) is 2. The van der Waals surface area contributed by atoms with Gasteiger partial charge in [-0.1, -0.05) is 12.8 Å². The summed E-state index contributed by atoms with van der Waals surface area (Å²) in [5.41, 5.74) is 1.53. The van der Waals surface area contributed by atoms with Gasteiger partial charge in [0.15, 0.2) is 0 Å². The number of alkyl carbamates (subject to hydrolysis) is 1. The van der Waals surface area contributed by atoms with Crippen LogP contribution in [0.4, 0.5) is 16.6 Å². The van der Waals surface area contributed by atoms with Gasteiger partial charge in [-0.3, -0.25) is 0 Å². The topological polar surface area (TPSA) is 79.4 Å². The molecule has 1 amide bonds. The zero-order chi connectivity index (χ0) is 19.5. The zero-order valence-corrected chi connectivity index (χ0v) is 17.1. The molecule has 0 spiro atoms. The molecular formula is C19H33N5O2. The SMILES string of the molecule is Cc1nc(NC2CCCCC2NC(=O)OC(C)(C)C)nc(N(C)C)c1C. The van der Waals surface area contributed by atoms with E-state index in [2.05, 4.69) is 20.6 Å². The number of nitrogens with zero attached hydrogens (tertiary/aromatic N) is 3. The molecule has 2 rings (SSSR count). The molecule has 0 bridgehead atoms. The Balaban J connectivity index is 2.12. The van der Waals surface area contributed by atoms with Crippen LogP contribution >= 0.6 is 0 Å². The van der Waals surface area contributed by atoms with Crippen LogP contribution in [0.15, 0.2) is 0 Å². The van der Waals surface area contributed by atoms with Gasteiger partial charge in [0, 0.05) is 31.4 Å². The third kappa shape index (κ3) is 5.47. The number of carbonyl (C=O) groups excluding carboxylic acids is 1. The fourth-order valence-corrected chi connectivity index (χ4v) is 3.21. The van der Waals surface area contributed by atoms with Crippen molar-refractivity contribution in [3.05, 3.63) is 11.3 Å². The molecule has 0 radical (unpaired) electrons. The first-order valence-electron chi connectivity index (χ1n) is 9.35. The molecule has 2 N–H and O–H groups in total. The third-order valence-corrected chi connectivity index (χ3v) is 4.57. The summed E-state index contributed by atoms with van der Waals surface area (Å²) in [6.45, 7) is 9.63. The van der Waals surface area contributed by atoms with Crippen molar-refractivity contribution in [2.45, 2.75) is 78.0 Å². The minimum Gasteiger partial charge on any atom is -0.444 e. The van der Waals surface area contributed by atoms with Gasteiger partial charge in [0.2, 0.25) is 5.95 Å². The quantitative estimate of drug-likeness (QED) is 0.853. The molecule has 1 aliphatic carbocycles. The fraction of sp³-hybridized carbons (Fsp3) is 0.737. The van der Waals surface area contributed by atoms with E-state index in [4.69, 9.17) is 4.74 Å².